The van der Waals surface area contributed by atoms with E-state index >= 15 is 0 Å². The summed E-state index contributed by atoms with van der Waals surface area (Å²) in [6.07, 6.45) is 3.06. The highest BCUT2D eigenvalue weighted by molar-refractivity contribution is 5.76. The van der Waals surface area contributed by atoms with Crippen molar-refractivity contribution in [2.45, 2.75) is 58.0 Å². The Morgan fingerprint density at radius 2 is 1.96 bits per heavy atom. The van der Waals surface area contributed by atoms with E-state index in [0.29, 0.717) is 38.2 Å². The Labute approximate surface area is 160 Å². The van der Waals surface area contributed by atoms with Crippen molar-refractivity contribution in [3.63, 3.8) is 0 Å². The highest BCUT2D eigenvalue weighted by Crippen LogP contribution is 2.30. The molecule has 2 aromatic rings. The first-order valence-electron chi connectivity index (χ1n) is 9.88. The summed E-state index contributed by atoms with van der Waals surface area (Å²) >= 11 is 0. The van der Waals surface area contributed by atoms with E-state index in [9.17, 15) is 9.90 Å². The number of carbonyl (C=O) groups excluding carboxylic acids is 1. The average Bonchev–Trinajstić information content (AvgIpc) is 3.17. The number of piperidine rings is 1. The third-order valence-electron chi connectivity index (χ3n) is 5.26. The lowest BCUT2D eigenvalue weighted by molar-refractivity contribution is -0.133. The van der Waals surface area contributed by atoms with Crippen LogP contribution in [0.25, 0.3) is 0 Å². The zero-order valence-corrected chi connectivity index (χ0v) is 16.2. The number of aryl methyl sites for hydroxylation is 1. The molecule has 3 rings (SSSR count). The standard InChI is InChI=1S/C21H29N3O3/c1-15(2)21-22-18(27-23-21)9-6-10-19(25)24-13-11-17(12-14-24)20(26)16-7-4-3-5-8-16/h3-5,7-8,15,17,20,26H,6,9-14H2,1-2H3. The fourth-order valence-electron chi connectivity index (χ4n) is 3.54. The molecule has 1 saturated heterocycles. The normalized spacial score (nSPS) is 16.7. The van der Waals surface area contributed by atoms with E-state index in [1.54, 1.807) is 0 Å². The Morgan fingerprint density at radius 3 is 2.59 bits per heavy atom. The first-order valence-corrected chi connectivity index (χ1v) is 9.88. The van der Waals surface area contributed by atoms with E-state index < -0.39 is 6.10 Å². The van der Waals surface area contributed by atoms with Crippen molar-refractivity contribution in [2.75, 3.05) is 13.1 Å². The molecule has 1 aromatic carbocycles. The molecule has 27 heavy (non-hydrogen) atoms. The summed E-state index contributed by atoms with van der Waals surface area (Å²) in [4.78, 5) is 18.7. The van der Waals surface area contributed by atoms with E-state index in [4.69, 9.17) is 4.52 Å². The SMILES string of the molecule is CC(C)c1noc(CCCC(=O)N2CCC(C(O)c3ccccc3)CC2)n1. The lowest BCUT2D eigenvalue weighted by Crippen LogP contribution is -2.39. The topological polar surface area (TPSA) is 79.5 Å². The van der Waals surface area contributed by atoms with Crippen LogP contribution in [0.2, 0.25) is 0 Å². The zero-order valence-electron chi connectivity index (χ0n) is 16.2. The van der Waals surface area contributed by atoms with Crippen molar-refractivity contribution in [1.82, 2.24) is 15.0 Å². The van der Waals surface area contributed by atoms with Gasteiger partial charge in [-0.15, -0.1) is 0 Å². The fourth-order valence-corrected chi connectivity index (χ4v) is 3.54. The minimum Gasteiger partial charge on any atom is -0.388 e. The quantitative estimate of drug-likeness (QED) is 0.806. The molecule has 0 aliphatic carbocycles. The number of amides is 1. The van der Waals surface area contributed by atoms with Gasteiger partial charge in [0.2, 0.25) is 11.8 Å². The fraction of sp³-hybridized carbons (Fsp3) is 0.571. The van der Waals surface area contributed by atoms with Crippen LogP contribution in [0.4, 0.5) is 0 Å². The van der Waals surface area contributed by atoms with Gasteiger partial charge in [-0.25, -0.2) is 0 Å². The summed E-state index contributed by atoms with van der Waals surface area (Å²) in [6.45, 7) is 5.48. The highest BCUT2D eigenvalue weighted by atomic mass is 16.5. The van der Waals surface area contributed by atoms with Gasteiger partial charge in [0.1, 0.15) is 0 Å². The summed E-state index contributed by atoms with van der Waals surface area (Å²) in [5, 5.41) is 14.5. The van der Waals surface area contributed by atoms with Crippen LogP contribution < -0.4 is 0 Å². The minimum atomic E-state index is -0.448. The van der Waals surface area contributed by atoms with E-state index in [1.807, 2.05) is 49.1 Å². The van der Waals surface area contributed by atoms with Gasteiger partial charge >= 0.3 is 0 Å². The Morgan fingerprint density at radius 1 is 1.26 bits per heavy atom. The molecule has 1 N–H and O–H groups in total. The second-order valence-corrected chi connectivity index (χ2v) is 7.63. The molecule has 0 bridgehead atoms. The van der Waals surface area contributed by atoms with Gasteiger partial charge in [0.15, 0.2) is 5.82 Å². The number of rotatable bonds is 7. The van der Waals surface area contributed by atoms with Crippen LogP contribution in [-0.2, 0) is 11.2 Å². The molecule has 1 aliphatic heterocycles. The zero-order chi connectivity index (χ0) is 19.2. The van der Waals surface area contributed by atoms with Crippen molar-refractivity contribution < 1.29 is 14.4 Å². The van der Waals surface area contributed by atoms with Gasteiger partial charge in [0, 0.05) is 31.8 Å². The maximum atomic E-state index is 12.4. The monoisotopic (exact) mass is 371 g/mol. The van der Waals surface area contributed by atoms with E-state index in [-0.39, 0.29) is 17.7 Å². The van der Waals surface area contributed by atoms with Crippen molar-refractivity contribution in [1.29, 1.82) is 0 Å². The van der Waals surface area contributed by atoms with Crippen LogP contribution in [-0.4, -0.2) is 39.1 Å². The van der Waals surface area contributed by atoms with E-state index in [2.05, 4.69) is 10.1 Å². The van der Waals surface area contributed by atoms with Gasteiger partial charge in [-0.1, -0.05) is 49.3 Å². The summed E-state index contributed by atoms with van der Waals surface area (Å²) in [5.41, 5.74) is 0.961. The van der Waals surface area contributed by atoms with Crippen LogP contribution in [0, 0.1) is 5.92 Å². The Bertz CT molecular complexity index is 721. The largest absolute Gasteiger partial charge is 0.388 e. The maximum absolute atomic E-state index is 12.4. The Kier molecular flexibility index (Phi) is 6.61. The third kappa shape index (κ3) is 5.16. The molecule has 1 aliphatic rings. The smallest absolute Gasteiger partial charge is 0.226 e. The van der Waals surface area contributed by atoms with Crippen molar-refractivity contribution in [3.05, 3.63) is 47.6 Å². The molecule has 0 spiro atoms. The number of aliphatic hydroxyl groups excluding tert-OH is 1. The van der Waals surface area contributed by atoms with Crippen LogP contribution in [0.15, 0.2) is 34.9 Å². The van der Waals surface area contributed by atoms with Gasteiger partial charge in [-0.3, -0.25) is 4.79 Å². The molecule has 1 fully saturated rings. The summed E-state index contributed by atoms with van der Waals surface area (Å²) in [6, 6.07) is 9.78. The molecule has 1 aromatic heterocycles. The number of hydrogen-bond donors (Lipinski definition) is 1. The first kappa shape index (κ1) is 19.5. The predicted octanol–water partition coefficient (Wildman–Crippen LogP) is 3.49. The number of aromatic nitrogens is 2. The number of carbonyl (C=O) groups is 1. The van der Waals surface area contributed by atoms with Gasteiger partial charge in [-0.2, -0.15) is 4.98 Å². The van der Waals surface area contributed by atoms with Crippen LogP contribution in [0.1, 0.15) is 68.8 Å². The van der Waals surface area contributed by atoms with Gasteiger partial charge in [0.05, 0.1) is 6.10 Å². The van der Waals surface area contributed by atoms with Crippen LogP contribution in [0.3, 0.4) is 0 Å². The lowest BCUT2D eigenvalue weighted by atomic mass is 9.87. The second-order valence-electron chi connectivity index (χ2n) is 7.63. The minimum absolute atomic E-state index is 0.172. The average molecular weight is 371 g/mol. The van der Waals surface area contributed by atoms with E-state index in [1.165, 1.54) is 0 Å². The Balaban J connectivity index is 1.40. The molecule has 6 heteroatoms. The van der Waals surface area contributed by atoms with Crippen LogP contribution in [0.5, 0.6) is 0 Å². The van der Waals surface area contributed by atoms with Crippen molar-refractivity contribution >= 4 is 5.91 Å². The predicted molar refractivity (Wildman–Crippen MR) is 102 cm³/mol. The second kappa shape index (κ2) is 9.13. The first-order chi connectivity index (χ1) is 13.0. The van der Waals surface area contributed by atoms with Crippen molar-refractivity contribution in [2.24, 2.45) is 5.92 Å². The highest BCUT2D eigenvalue weighted by Gasteiger charge is 2.28. The summed E-state index contributed by atoms with van der Waals surface area (Å²) < 4.78 is 5.22. The summed E-state index contributed by atoms with van der Waals surface area (Å²) in [5.74, 6) is 1.96. The van der Waals surface area contributed by atoms with Gasteiger partial charge in [0.25, 0.3) is 0 Å². The molecular weight excluding hydrogens is 342 g/mol. The molecule has 1 atom stereocenters. The number of nitrogens with zero attached hydrogens (tertiary/aromatic N) is 3. The molecular formula is C21H29N3O3. The van der Waals surface area contributed by atoms with Crippen molar-refractivity contribution in [3.8, 4) is 0 Å². The molecule has 1 amide bonds. The molecule has 1 unspecified atom stereocenters. The molecule has 2 heterocycles. The number of benzene rings is 1. The number of hydrogen-bond acceptors (Lipinski definition) is 5. The maximum Gasteiger partial charge on any atom is 0.226 e. The number of aliphatic hydroxyl groups is 1. The van der Waals surface area contributed by atoms with Gasteiger partial charge < -0.3 is 14.5 Å². The Hall–Kier alpha value is -2.21. The summed E-state index contributed by atoms with van der Waals surface area (Å²) in [7, 11) is 0. The molecule has 0 saturated carbocycles. The van der Waals surface area contributed by atoms with Crippen LogP contribution >= 0.6 is 0 Å². The van der Waals surface area contributed by atoms with Gasteiger partial charge in [-0.05, 0) is 30.7 Å². The third-order valence-corrected chi connectivity index (χ3v) is 5.26. The molecule has 0 radical (unpaired) electrons. The lowest BCUT2D eigenvalue weighted by Gasteiger charge is -2.34. The van der Waals surface area contributed by atoms with E-state index in [0.717, 1.165) is 24.2 Å². The molecule has 6 nitrogen and oxygen atoms in total. The molecule has 146 valence electrons. The number of likely N-dealkylation sites (tertiary alicyclic amines) is 1.